The molecule has 0 radical (unpaired) electrons. The van der Waals surface area contributed by atoms with E-state index in [2.05, 4.69) is 14.7 Å². The van der Waals surface area contributed by atoms with Crippen LogP contribution >= 0.6 is 0 Å². The molecule has 0 aliphatic heterocycles. The van der Waals surface area contributed by atoms with E-state index >= 15 is 0 Å². The summed E-state index contributed by atoms with van der Waals surface area (Å²) in [6, 6.07) is 8.08. The first kappa shape index (κ1) is 24.3. The highest BCUT2D eigenvalue weighted by atomic mass is 32.2. The third kappa shape index (κ3) is 5.65. The number of rotatable bonds is 8. The zero-order valence-electron chi connectivity index (χ0n) is 17.9. The Balaban J connectivity index is 1.45. The van der Waals surface area contributed by atoms with Gasteiger partial charge in [-0.2, -0.15) is 13.2 Å². The molecule has 7 nitrogen and oxygen atoms in total. The summed E-state index contributed by atoms with van der Waals surface area (Å²) in [7, 11) is -4.15. The Kier molecular flexibility index (Phi) is 6.57. The van der Waals surface area contributed by atoms with Crippen molar-refractivity contribution < 1.29 is 35.5 Å². The molecule has 4 aromatic rings. The molecule has 0 unspecified atom stereocenters. The van der Waals surface area contributed by atoms with E-state index in [1.54, 1.807) is 23.0 Å². The molecule has 0 amide bonds. The lowest BCUT2D eigenvalue weighted by Gasteiger charge is -2.12. The van der Waals surface area contributed by atoms with Crippen LogP contribution in [0.1, 0.15) is 22.3 Å². The fourth-order valence-electron chi connectivity index (χ4n) is 3.25. The maximum atomic E-state index is 13.8. The van der Waals surface area contributed by atoms with Gasteiger partial charge in [-0.3, -0.25) is 9.20 Å². The third-order valence-electron chi connectivity index (χ3n) is 5.05. The van der Waals surface area contributed by atoms with Crippen LogP contribution in [0.5, 0.6) is 5.75 Å². The van der Waals surface area contributed by atoms with Crippen LogP contribution in [0.15, 0.2) is 77.0 Å². The number of aryl methyl sites for hydroxylation is 1. The van der Waals surface area contributed by atoms with Crippen molar-refractivity contribution in [2.45, 2.75) is 28.8 Å². The maximum absolute atomic E-state index is 13.8. The highest BCUT2D eigenvalue weighted by Gasteiger charge is 2.29. The molecule has 4 rings (SSSR count). The fourth-order valence-corrected chi connectivity index (χ4v) is 4.53. The maximum Gasteiger partial charge on any atom is 0.422 e. The summed E-state index contributed by atoms with van der Waals surface area (Å²) in [6.07, 6.45) is 2.10. The predicted molar refractivity (Wildman–Crippen MR) is 115 cm³/mol. The van der Waals surface area contributed by atoms with Crippen molar-refractivity contribution in [1.29, 1.82) is 0 Å². The van der Waals surface area contributed by atoms with Gasteiger partial charge in [0.1, 0.15) is 0 Å². The smallest absolute Gasteiger partial charge is 0.422 e. The van der Waals surface area contributed by atoms with Crippen molar-refractivity contribution in [3.8, 4) is 5.75 Å². The van der Waals surface area contributed by atoms with E-state index in [1.807, 2.05) is 0 Å². The molecule has 0 fully saturated rings. The van der Waals surface area contributed by atoms with Gasteiger partial charge < -0.3 is 4.74 Å². The van der Waals surface area contributed by atoms with Gasteiger partial charge in [-0.1, -0.05) is 12.1 Å². The molecule has 2 aromatic carbocycles. The van der Waals surface area contributed by atoms with Crippen molar-refractivity contribution in [1.82, 2.24) is 14.4 Å². The molecule has 0 spiro atoms. The van der Waals surface area contributed by atoms with Crippen molar-refractivity contribution in [3.63, 3.8) is 0 Å². The van der Waals surface area contributed by atoms with E-state index in [1.165, 1.54) is 30.5 Å². The number of halogens is 4. The Morgan fingerprint density at radius 1 is 1.03 bits per heavy atom. The number of sulfone groups is 1. The summed E-state index contributed by atoms with van der Waals surface area (Å²) in [4.78, 5) is 20.0. The minimum Gasteiger partial charge on any atom is -0.481 e. The lowest BCUT2D eigenvalue weighted by molar-refractivity contribution is -0.153. The molecule has 0 atom stereocenters. The van der Waals surface area contributed by atoms with Crippen molar-refractivity contribution >= 4 is 21.4 Å². The highest BCUT2D eigenvalue weighted by molar-refractivity contribution is 7.91. The number of carbonyl (C=O) groups is 1. The van der Waals surface area contributed by atoms with Crippen LogP contribution in [-0.2, 0) is 16.3 Å². The van der Waals surface area contributed by atoms with Crippen LogP contribution in [-0.4, -0.2) is 41.4 Å². The molecule has 12 heteroatoms. The number of benzene rings is 2. The summed E-state index contributed by atoms with van der Waals surface area (Å²) < 4.78 is 82.7. The average molecular weight is 507 g/mol. The summed E-state index contributed by atoms with van der Waals surface area (Å²) in [5.74, 6) is -1.61. The summed E-state index contributed by atoms with van der Waals surface area (Å²) in [6.45, 7) is -1.76. The van der Waals surface area contributed by atoms with Gasteiger partial charge >= 0.3 is 6.18 Å². The highest BCUT2D eigenvalue weighted by Crippen LogP contribution is 2.28. The zero-order chi connectivity index (χ0) is 25.2. The number of carbonyl (C=O) groups excluding carboxylic acids is 1. The molecule has 35 heavy (non-hydrogen) atoms. The van der Waals surface area contributed by atoms with Crippen molar-refractivity contribution in [2.75, 3.05) is 6.61 Å². The predicted octanol–water partition coefficient (Wildman–Crippen LogP) is 4.46. The standard InChI is InChI=1S/C23H17F4N3O4S/c24-19-7-6-18(11-21(19)34-14-23(25,26)27)35(32,33)17-4-1-15(2-5-17)3-8-20(31)16-12-29-22-28-9-10-30(22)13-16/h1-2,4-7,9-13H,3,8,14H2. The number of nitrogens with zero attached hydrogens (tertiary/aromatic N) is 3. The molecule has 0 saturated heterocycles. The molecule has 0 bridgehead atoms. The first-order valence-corrected chi connectivity index (χ1v) is 11.7. The number of fused-ring (bicyclic) bond motifs is 1. The number of aromatic nitrogens is 3. The Morgan fingerprint density at radius 3 is 2.46 bits per heavy atom. The molecule has 182 valence electrons. The SMILES string of the molecule is O=C(CCc1ccc(S(=O)(=O)c2ccc(F)c(OCC(F)(F)F)c2)cc1)c1cnc2nccn2c1. The van der Waals surface area contributed by atoms with Gasteiger partial charge in [0.2, 0.25) is 15.6 Å². The second-order valence-corrected chi connectivity index (χ2v) is 9.49. The summed E-state index contributed by atoms with van der Waals surface area (Å²) in [5.41, 5.74) is 1.11. The minimum atomic E-state index is -4.71. The molecular weight excluding hydrogens is 490 g/mol. The van der Waals surface area contributed by atoms with Crippen molar-refractivity contribution in [2.24, 2.45) is 0 Å². The number of hydrogen-bond donors (Lipinski definition) is 0. The van der Waals surface area contributed by atoms with Gasteiger partial charge in [0, 0.05) is 37.3 Å². The molecular formula is C23H17F4N3O4S. The Hall–Kier alpha value is -3.80. The van der Waals surface area contributed by atoms with Crippen LogP contribution < -0.4 is 4.74 Å². The quantitative estimate of drug-likeness (QED) is 0.199. The molecule has 0 aliphatic carbocycles. The summed E-state index contributed by atoms with van der Waals surface area (Å²) in [5, 5.41) is 0. The van der Waals surface area contributed by atoms with Gasteiger partial charge in [0.05, 0.1) is 15.4 Å². The molecule has 0 aliphatic rings. The first-order chi connectivity index (χ1) is 16.5. The van der Waals surface area contributed by atoms with Crippen LogP contribution in [0.25, 0.3) is 5.78 Å². The Labute approximate surface area is 196 Å². The van der Waals surface area contributed by atoms with Crippen LogP contribution in [0.2, 0.25) is 0 Å². The van der Waals surface area contributed by atoms with Crippen LogP contribution in [0.4, 0.5) is 17.6 Å². The summed E-state index contributed by atoms with van der Waals surface area (Å²) >= 11 is 0. The lowest BCUT2D eigenvalue weighted by Crippen LogP contribution is -2.19. The van der Waals surface area contributed by atoms with Gasteiger partial charge in [-0.05, 0) is 36.2 Å². The third-order valence-corrected chi connectivity index (χ3v) is 6.81. The fraction of sp³-hybridized carbons (Fsp3) is 0.174. The van der Waals surface area contributed by atoms with Crippen LogP contribution in [0.3, 0.4) is 0 Å². The number of ketones is 1. The topological polar surface area (TPSA) is 90.6 Å². The Morgan fingerprint density at radius 2 is 1.74 bits per heavy atom. The number of hydrogen-bond acceptors (Lipinski definition) is 6. The zero-order valence-corrected chi connectivity index (χ0v) is 18.7. The molecule has 2 heterocycles. The largest absolute Gasteiger partial charge is 0.481 e. The van der Waals surface area contributed by atoms with Gasteiger partial charge in [-0.15, -0.1) is 0 Å². The lowest BCUT2D eigenvalue weighted by atomic mass is 10.0. The average Bonchev–Trinajstić information content (AvgIpc) is 3.29. The van der Waals surface area contributed by atoms with Gasteiger partial charge in [-0.25, -0.2) is 22.8 Å². The van der Waals surface area contributed by atoms with E-state index in [0.717, 1.165) is 12.1 Å². The Bertz CT molecular complexity index is 1480. The minimum absolute atomic E-state index is 0.143. The second kappa shape index (κ2) is 9.45. The van der Waals surface area contributed by atoms with Crippen LogP contribution in [0, 0.1) is 5.82 Å². The van der Waals surface area contributed by atoms with Gasteiger partial charge in [0.25, 0.3) is 0 Å². The number of alkyl halides is 3. The number of Topliss-reactive ketones (excluding diaryl/α,β-unsaturated/α-hetero) is 1. The monoisotopic (exact) mass is 507 g/mol. The van der Waals surface area contributed by atoms with Crippen molar-refractivity contribution in [3.05, 3.63) is 84.2 Å². The normalized spacial score (nSPS) is 12.1. The van der Waals surface area contributed by atoms with E-state index < -0.39 is 39.1 Å². The number of ether oxygens (including phenoxy) is 1. The first-order valence-electron chi connectivity index (χ1n) is 10.2. The second-order valence-electron chi connectivity index (χ2n) is 7.54. The van der Waals surface area contributed by atoms with E-state index in [9.17, 15) is 30.8 Å². The van der Waals surface area contributed by atoms with E-state index in [-0.39, 0.29) is 17.1 Å². The molecule has 0 N–H and O–H groups in total. The molecule has 0 saturated carbocycles. The number of imidazole rings is 1. The van der Waals surface area contributed by atoms with Gasteiger partial charge in [0.15, 0.2) is 24.0 Å². The van der Waals surface area contributed by atoms with E-state index in [0.29, 0.717) is 29.4 Å². The molecule has 2 aromatic heterocycles. The van der Waals surface area contributed by atoms with E-state index in [4.69, 9.17) is 0 Å².